The molecule has 7 aromatic carbocycles. The van der Waals surface area contributed by atoms with Gasteiger partial charge in [-0.15, -0.1) is 0 Å². The molecule has 0 N–H and O–H groups in total. The molecule has 0 saturated heterocycles. The fraction of sp³-hybridized carbons (Fsp3) is 0.194. The normalized spacial score (nSPS) is 14.6. The highest BCUT2D eigenvalue weighted by Crippen LogP contribution is 2.49. The Hall–Kier alpha value is -7.50. The molecular weight excluding hydrogens is 817 g/mol. The molecule has 0 atom stereocenters. The Kier molecular flexibility index (Phi) is 9.18. The average molecular weight is 871 g/mol. The Labute approximate surface area is 393 Å². The summed E-state index contributed by atoms with van der Waals surface area (Å²) >= 11 is 0. The Morgan fingerprint density at radius 3 is 2.00 bits per heavy atom. The second-order valence-corrected chi connectivity index (χ2v) is 20.9. The molecular formula is C62H54N4O. The van der Waals surface area contributed by atoms with Crippen LogP contribution >= 0.6 is 0 Å². The second-order valence-electron chi connectivity index (χ2n) is 20.9. The van der Waals surface area contributed by atoms with Crippen molar-refractivity contribution in [1.82, 2.24) is 14.1 Å². The molecule has 0 spiro atoms. The van der Waals surface area contributed by atoms with Crippen molar-refractivity contribution in [2.24, 2.45) is 0 Å². The first kappa shape index (κ1) is 41.0. The maximum absolute atomic E-state index is 6.80. The summed E-state index contributed by atoms with van der Waals surface area (Å²) in [5, 5.41) is 2.33. The van der Waals surface area contributed by atoms with Crippen molar-refractivity contribution in [3.05, 3.63) is 199 Å². The second kappa shape index (κ2) is 15.0. The van der Waals surface area contributed by atoms with E-state index in [1.54, 1.807) is 0 Å². The topological polar surface area (TPSA) is 35.9 Å². The molecule has 1 aliphatic heterocycles. The summed E-state index contributed by atoms with van der Waals surface area (Å²) in [5.74, 6) is 2.38. The summed E-state index contributed by atoms with van der Waals surface area (Å²) in [4.78, 5) is 4.90. The molecule has 0 radical (unpaired) electrons. The van der Waals surface area contributed by atoms with Gasteiger partial charge < -0.3 is 4.74 Å². The van der Waals surface area contributed by atoms with E-state index in [1.165, 1.54) is 61.9 Å². The molecule has 0 fully saturated rings. The number of imidazole rings is 1. The molecule has 0 amide bonds. The zero-order valence-corrected chi connectivity index (χ0v) is 39.4. The molecule has 10 aromatic rings. The molecule has 1 aliphatic carbocycles. The Morgan fingerprint density at radius 2 is 1.21 bits per heavy atom. The minimum atomic E-state index is -0.0142. The average Bonchev–Trinajstić information content (AvgIpc) is 3.92. The summed E-state index contributed by atoms with van der Waals surface area (Å²) < 4.78 is 13.5. The van der Waals surface area contributed by atoms with Gasteiger partial charge in [-0.05, 0) is 133 Å². The van der Waals surface area contributed by atoms with E-state index in [9.17, 15) is 0 Å². The van der Waals surface area contributed by atoms with Crippen LogP contribution in [-0.4, -0.2) is 14.1 Å². The van der Waals surface area contributed by atoms with Crippen LogP contribution in [0, 0.1) is 6.33 Å². The van der Waals surface area contributed by atoms with Crippen molar-refractivity contribution >= 4 is 21.8 Å². The molecule has 0 saturated carbocycles. The quantitative estimate of drug-likeness (QED) is 0.128. The van der Waals surface area contributed by atoms with Gasteiger partial charge in [0.1, 0.15) is 17.3 Å². The maximum Gasteiger partial charge on any atom is 0.269 e. The molecule has 67 heavy (non-hydrogen) atoms. The van der Waals surface area contributed by atoms with Crippen molar-refractivity contribution in [2.45, 2.75) is 77.6 Å². The molecule has 5 nitrogen and oxygen atoms in total. The van der Waals surface area contributed by atoms with Gasteiger partial charge in [-0.3, -0.25) is 13.7 Å². The van der Waals surface area contributed by atoms with E-state index < -0.39 is 0 Å². The van der Waals surface area contributed by atoms with Gasteiger partial charge in [0.2, 0.25) is 0 Å². The molecule has 2 aliphatic rings. The summed E-state index contributed by atoms with van der Waals surface area (Å²) in [6, 6.07) is 59.3. The number of nitrogens with zero attached hydrogens (tertiary/aromatic N) is 4. The zero-order chi connectivity index (χ0) is 45.8. The molecule has 3 aromatic heterocycles. The van der Waals surface area contributed by atoms with Gasteiger partial charge in [0.05, 0.1) is 28.1 Å². The minimum Gasteiger partial charge on any atom is -0.458 e. The summed E-state index contributed by atoms with van der Waals surface area (Å²) in [6.07, 6.45) is 10.4. The molecule has 5 heteroatoms. The van der Waals surface area contributed by atoms with Crippen LogP contribution in [0.1, 0.15) is 78.0 Å². The van der Waals surface area contributed by atoms with Crippen LogP contribution in [0.25, 0.3) is 83.6 Å². The smallest absolute Gasteiger partial charge is 0.269 e. The van der Waals surface area contributed by atoms with Crippen LogP contribution in [0.3, 0.4) is 0 Å². The Balaban J connectivity index is 0.996. The number of fused-ring (bicyclic) bond motifs is 12. The number of rotatable bonds is 5. The highest BCUT2D eigenvalue weighted by Gasteiger charge is 2.37. The van der Waals surface area contributed by atoms with E-state index in [2.05, 4.69) is 232 Å². The number of benzene rings is 7. The fourth-order valence-corrected chi connectivity index (χ4v) is 10.8. The lowest BCUT2D eigenvalue weighted by Crippen LogP contribution is -2.34. The third kappa shape index (κ3) is 6.74. The monoisotopic (exact) mass is 870 g/mol. The third-order valence-corrected chi connectivity index (χ3v) is 14.7. The SMILES string of the molecule is CC(C)(C)c1ccnc(-n2c3ccccc3c3ccc(Oc4cccc(-n5[c-][n+]6c(c5)-c5ccccc5-c5ccccc5-c5cccc(-c7ccc8c(c7)C(C)(C)CCC8(C)C)c5-6)c4)cc32)c1. The summed E-state index contributed by atoms with van der Waals surface area (Å²) in [5.41, 5.74) is 18.0. The van der Waals surface area contributed by atoms with Gasteiger partial charge in [0.15, 0.2) is 0 Å². The number of pyridine rings is 1. The van der Waals surface area contributed by atoms with Crippen molar-refractivity contribution in [2.75, 3.05) is 0 Å². The van der Waals surface area contributed by atoms with Gasteiger partial charge >= 0.3 is 0 Å². The van der Waals surface area contributed by atoms with Crippen LogP contribution in [0.15, 0.2) is 176 Å². The van der Waals surface area contributed by atoms with Crippen molar-refractivity contribution in [3.8, 4) is 73.3 Å². The van der Waals surface area contributed by atoms with Crippen LogP contribution in [0.2, 0.25) is 0 Å². The molecule has 0 unspecified atom stereocenters. The lowest BCUT2D eigenvalue weighted by atomic mass is 9.63. The van der Waals surface area contributed by atoms with Gasteiger partial charge in [-0.25, -0.2) is 4.98 Å². The lowest BCUT2D eigenvalue weighted by Gasteiger charge is -2.42. The van der Waals surface area contributed by atoms with Gasteiger partial charge in [0.25, 0.3) is 6.33 Å². The van der Waals surface area contributed by atoms with E-state index in [4.69, 9.17) is 9.72 Å². The zero-order valence-electron chi connectivity index (χ0n) is 39.4. The summed E-state index contributed by atoms with van der Waals surface area (Å²) in [6.45, 7) is 16.3. The number of aromatic nitrogens is 4. The van der Waals surface area contributed by atoms with Crippen LogP contribution in [0.5, 0.6) is 11.5 Å². The van der Waals surface area contributed by atoms with Crippen molar-refractivity contribution in [3.63, 3.8) is 0 Å². The molecule has 328 valence electrons. The molecule has 12 rings (SSSR count). The molecule has 0 bridgehead atoms. The fourth-order valence-electron chi connectivity index (χ4n) is 10.8. The third-order valence-electron chi connectivity index (χ3n) is 14.7. The first-order valence-electron chi connectivity index (χ1n) is 23.7. The Morgan fingerprint density at radius 1 is 0.567 bits per heavy atom. The van der Waals surface area contributed by atoms with E-state index in [1.807, 2.05) is 12.3 Å². The number of ether oxygens (including phenoxy) is 1. The van der Waals surface area contributed by atoms with Crippen LogP contribution in [0.4, 0.5) is 0 Å². The summed E-state index contributed by atoms with van der Waals surface area (Å²) in [7, 11) is 0. The van der Waals surface area contributed by atoms with Gasteiger partial charge in [0, 0.05) is 29.2 Å². The van der Waals surface area contributed by atoms with E-state index in [0.29, 0.717) is 0 Å². The van der Waals surface area contributed by atoms with E-state index in [-0.39, 0.29) is 16.2 Å². The standard InChI is InChI=1S/C62H54N4O/c1-60(2,3)41-30-33-63-58(35-41)66-55-25-13-12-22-50(55)51-28-27-44(37-56(51)66)67-43-17-14-16-42(36-43)64-38-57-49-21-11-10-19-47(49)46-18-8-9-20-48(46)52-24-15-23-45(59(52)65(57)39-64)40-26-29-53-54(34-40)62(6,7)32-31-61(53,4)5/h8-30,33-38H,31-32H2,1-7H3. The van der Waals surface area contributed by atoms with Gasteiger partial charge in [-0.1, -0.05) is 158 Å². The number of hydrogen-bond acceptors (Lipinski definition) is 2. The van der Waals surface area contributed by atoms with Crippen molar-refractivity contribution < 1.29 is 9.30 Å². The van der Waals surface area contributed by atoms with Crippen LogP contribution in [-0.2, 0) is 16.2 Å². The lowest BCUT2D eigenvalue weighted by molar-refractivity contribution is -0.586. The number of hydrogen-bond donors (Lipinski definition) is 0. The first-order valence-corrected chi connectivity index (χ1v) is 23.7. The highest BCUT2D eigenvalue weighted by molar-refractivity contribution is 6.09. The minimum absolute atomic E-state index is 0.0142. The van der Waals surface area contributed by atoms with Crippen molar-refractivity contribution in [1.29, 1.82) is 0 Å². The van der Waals surface area contributed by atoms with Crippen LogP contribution < -0.4 is 9.30 Å². The predicted molar refractivity (Wildman–Crippen MR) is 274 cm³/mol. The maximum atomic E-state index is 6.80. The highest BCUT2D eigenvalue weighted by atomic mass is 16.5. The Bertz CT molecular complexity index is 3610. The van der Waals surface area contributed by atoms with E-state index >= 15 is 0 Å². The predicted octanol–water partition coefficient (Wildman–Crippen LogP) is 15.5. The van der Waals surface area contributed by atoms with Gasteiger partial charge in [-0.2, -0.15) is 0 Å². The number of para-hydroxylation sites is 2. The largest absolute Gasteiger partial charge is 0.458 e. The molecule has 4 heterocycles. The first-order chi connectivity index (χ1) is 32.3. The van der Waals surface area contributed by atoms with E-state index in [0.717, 1.165) is 62.8 Å².